The first-order chi connectivity index (χ1) is 7.99. The van der Waals surface area contributed by atoms with Gasteiger partial charge in [-0.3, -0.25) is 4.79 Å². The summed E-state index contributed by atoms with van der Waals surface area (Å²) in [6.07, 6.45) is 6.33. The fourth-order valence-corrected chi connectivity index (χ4v) is 2.25. The molecular weight excluding hydrogens is 214 g/mol. The van der Waals surface area contributed by atoms with Gasteiger partial charge >= 0.3 is 0 Å². The molecule has 0 aromatic heterocycles. The van der Waals surface area contributed by atoms with Crippen LogP contribution in [0.5, 0.6) is 0 Å². The number of primary amides is 1. The molecule has 0 bridgehead atoms. The number of carbonyl (C=O) groups is 1. The van der Waals surface area contributed by atoms with Gasteiger partial charge in [-0.05, 0) is 31.1 Å². The molecule has 102 valence electrons. The van der Waals surface area contributed by atoms with Gasteiger partial charge < -0.3 is 10.8 Å². The number of aliphatic hydroxyl groups excluding tert-OH is 1. The van der Waals surface area contributed by atoms with E-state index in [4.69, 9.17) is 10.8 Å². The number of amides is 1. The second kappa shape index (κ2) is 9.46. The molecule has 0 aromatic rings. The number of nitrogens with two attached hydrogens (primary N) is 1. The molecule has 0 fully saturated rings. The van der Waals surface area contributed by atoms with Crippen molar-refractivity contribution >= 4 is 5.91 Å². The summed E-state index contributed by atoms with van der Waals surface area (Å²) >= 11 is 0. The summed E-state index contributed by atoms with van der Waals surface area (Å²) in [4.78, 5) is 11.2. The van der Waals surface area contributed by atoms with Gasteiger partial charge in [0, 0.05) is 12.5 Å². The van der Waals surface area contributed by atoms with Crippen molar-refractivity contribution in [2.45, 2.75) is 59.3 Å². The minimum atomic E-state index is -0.159. The molecule has 0 aliphatic rings. The minimum absolute atomic E-state index is 0.0303. The summed E-state index contributed by atoms with van der Waals surface area (Å²) in [5.74, 6) is 0.892. The third kappa shape index (κ3) is 8.19. The van der Waals surface area contributed by atoms with Crippen LogP contribution < -0.4 is 5.73 Å². The van der Waals surface area contributed by atoms with Crippen molar-refractivity contribution in [2.75, 3.05) is 6.61 Å². The Balaban J connectivity index is 3.64. The molecule has 2 atom stereocenters. The van der Waals surface area contributed by atoms with Gasteiger partial charge in [-0.25, -0.2) is 0 Å². The van der Waals surface area contributed by atoms with Crippen molar-refractivity contribution in [2.24, 2.45) is 23.5 Å². The lowest BCUT2D eigenvalue weighted by molar-refractivity contribution is -0.123. The number of unbranched alkanes of at least 4 members (excludes halogenated alkanes) is 1. The van der Waals surface area contributed by atoms with Gasteiger partial charge in [0.1, 0.15) is 0 Å². The molecule has 0 saturated carbocycles. The Morgan fingerprint density at radius 2 is 1.59 bits per heavy atom. The van der Waals surface area contributed by atoms with Gasteiger partial charge in [-0.15, -0.1) is 0 Å². The summed E-state index contributed by atoms with van der Waals surface area (Å²) in [5, 5.41) is 8.73. The highest BCUT2D eigenvalue weighted by Gasteiger charge is 2.18. The summed E-state index contributed by atoms with van der Waals surface area (Å²) in [6, 6.07) is 0. The van der Waals surface area contributed by atoms with E-state index in [9.17, 15) is 4.79 Å². The SMILES string of the molecule is CC(CCCO)CCCCC(C(N)=O)C(C)C. The van der Waals surface area contributed by atoms with Gasteiger partial charge in [-0.1, -0.05) is 40.0 Å². The number of hydrogen-bond donors (Lipinski definition) is 2. The third-order valence-corrected chi connectivity index (χ3v) is 3.49. The summed E-state index contributed by atoms with van der Waals surface area (Å²) < 4.78 is 0. The maximum absolute atomic E-state index is 11.2. The predicted octanol–water partition coefficient (Wildman–Crippen LogP) is 2.71. The van der Waals surface area contributed by atoms with E-state index in [0.717, 1.165) is 32.1 Å². The predicted molar refractivity (Wildman–Crippen MR) is 71.5 cm³/mol. The summed E-state index contributed by atoms with van der Waals surface area (Å²) in [6.45, 7) is 6.63. The number of rotatable bonds is 10. The Bertz CT molecular complexity index is 204. The third-order valence-electron chi connectivity index (χ3n) is 3.49. The van der Waals surface area contributed by atoms with Crippen LogP contribution in [0.4, 0.5) is 0 Å². The highest BCUT2D eigenvalue weighted by atomic mass is 16.2. The zero-order chi connectivity index (χ0) is 13.3. The van der Waals surface area contributed by atoms with Crippen molar-refractivity contribution < 1.29 is 9.90 Å². The molecule has 0 aliphatic carbocycles. The average Bonchev–Trinajstić information content (AvgIpc) is 2.24. The van der Waals surface area contributed by atoms with Crippen LogP contribution in [0.15, 0.2) is 0 Å². The van der Waals surface area contributed by atoms with Crippen molar-refractivity contribution in [3.05, 3.63) is 0 Å². The number of carbonyl (C=O) groups excluding carboxylic acids is 1. The van der Waals surface area contributed by atoms with Crippen LogP contribution in [-0.4, -0.2) is 17.6 Å². The van der Waals surface area contributed by atoms with Gasteiger partial charge in [0.2, 0.25) is 5.91 Å². The Labute approximate surface area is 106 Å². The molecule has 3 nitrogen and oxygen atoms in total. The Morgan fingerprint density at radius 1 is 1.06 bits per heavy atom. The fraction of sp³-hybridized carbons (Fsp3) is 0.929. The summed E-state index contributed by atoms with van der Waals surface area (Å²) in [5.41, 5.74) is 5.38. The van der Waals surface area contributed by atoms with Gasteiger partial charge in [0.05, 0.1) is 0 Å². The van der Waals surface area contributed by atoms with Gasteiger partial charge in [0.25, 0.3) is 0 Å². The van der Waals surface area contributed by atoms with E-state index in [-0.39, 0.29) is 11.8 Å². The lowest BCUT2D eigenvalue weighted by Gasteiger charge is -2.17. The molecule has 17 heavy (non-hydrogen) atoms. The molecule has 0 radical (unpaired) electrons. The molecule has 0 saturated heterocycles. The lowest BCUT2D eigenvalue weighted by atomic mass is 9.88. The minimum Gasteiger partial charge on any atom is -0.396 e. The van der Waals surface area contributed by atoms with E-state index < -0.39 is 0 Å². The Kier molecular flexibility index (Phi) is 9.14. The van der Waals surface area contributed by atoms with E-state index in [0.29, 0.717) is 18.4 Å². The van der Waals surface area contributed by atoms with Crippen LogP contribution in [0.25, 0.3) is 0 Å². The highest BCUT2D eigenvalue weighted by Crippen LogP contribution is 2.20. The average molecular weight is 243 g/mol. The molecule has 3 heteroatoms. The second-order valence-corrected chi connectivity index (χ2v) is 5.51. The number of hydrogen-bond acceptors (Lipinski definition) is 2. The maximum Gasteiger partial charge on any atom is 0.220 e. The molecule has 0 aromatic carbocycles. The molecular formula is C14H29NO2. The first-order valence-corrected chi connectivity index (χ1v) is 6.89. The van der Waals surface area contributed by atoms with E-state index in [1.807, 2.05) is 0 Å². The van der Waals surface area contributed by atoms with Crippen LogP contribution in [0.2, 0.25) is 0 Å². The van der Waals surface area contributed by atoms with Crippen molar-refractivity contribution in [3.63, 3.8) is 0 Å². The summed E-state index contributed by atoms with van der Waals surface area (Å²) in [7, 11) is 0. The zero-order valence-electron chi connectivity index (χ0n) is 11.6. The molecule has 2 unspecified atom stereocenters. The Morgan fingerprint density at radius 3 is 2.06 bits per heavy atom. The second-order valence-electron chi connectivity index (χ2n) is 5.51. The Hall–Kier alpha value is -0.570. The van der Waals surface area contributed by atoms with Crippen LogP contribution in [0, 0.1) is 17.8 Å². The maximum atomic E-state index is 11.2. The van der Waals surface area contributed by atoms with Crippen molar-refractivity contribution in [1.29, 1.82) is 0 Å². The molecule has 0 rings (SSSR count). The fourth-order valence-electron chi connectivity index (χ4n) is 2.25. The van der Waals surface area contributed by atoms with Gasteiger partial charge in [-0.2, -0.15) is 0 Å². The largest absolute Gasteiger partial charge is 0.396 e. The highest BCUT2D eigenvalue weighted by molar-refractivity contribution is 5.76. The van der Waals surface area contributed by atoms with Crippen LogP contribution in [0.1, 0.15) is 59.3 Å². The molecule has 0 heterocycles. The number of aliphatic hydroxyl groups is 1. The lowest BCUT2D eigenvalue weighted by Crippen LogP contribution is -2.27. The van der Waals surface area contributed by atoms with E-state index in [1.165, 1.54) is 6.42 Å². The smallest absolute Gasteiger partial charge is 0.220 e. The van der Waals surface area contributed by atoms with Gasteiger partial charge in [0.15, 0.2) is 0 Å². The zero-order valence-corrected chi connectivity index (χ0v) is 11.6. The van der Waals surface area contributed by atoms with E-state index >= 15 is 0 Å². The quantitative estimate of drug-likeness (QED) is 0.579. The van der Waals surface area contributed by atoms with E-state index in [2.05, 4.69) is 20.8 Å². The molecule has 0 spiro atoms. The topological polar surface area (TPSA) is 63.3 Å². The normalized spacial score (nSPS) is 14.9. The standard InChI is InChI=1S/C14H29NO2/c1-11(2)13(14(15)17)9-5-4-7-12(3)8-6-10-16/h11-13,16H,4-10H2,1-3H3,(H2,15,17). The van der Waals surface area contributed by atoms with Crippen LogP contribution >= 0.6 is 0 Å². The first kappa shape index (κ1) is 16.4. The van der Waals surface area contributed by atoms with Crippen LogP contribution in [-0.2, 0) is 4.79 Å². The molecule has 0 aliphatic heterocycles. The van der Waals surface area contributed by atoms with Crippen LogP contribution in [0.3, 0.4) is 0 Å². The van der Waals surface area contributed by atoms with Crippen molar-refractivity contribution in [1.82, 2.24) is 0 Å². The van der Waals surface area contributed by atoms with Crippen molar-refractivity contribution in [3.8, 4) is 0 Å². The van der Waals surface area contributed by atoms with E-state index in [1.54, 1.807) is 0 Å². The molecule has 1 amide bonds. The monoisotopic (exact) mass is 243 g/mol. The molecule has 3 N–H and O–H groups in total. The first-order valence-electron chi connectivity index (χ1n) is 6.89.